The molecule has 0 saturated heterocycles. The minimum Gasteiger partial charge on any atom is -0.357 e. The fourth-order valence-corrected chi connectivity index (χ4v) is 4.67. The highest BCUT2D eigenvalue weighted by Gasteiger charge is 2.28. The summed E-state index contributed by atoms with van der Waals surface area (Å²) in [6.45, 7) is 4.14. The van der Waals surface area contributed by atoms with Crippen LogP contribution in [0.15, 0.2) is 48.5 Å². The van der Waals surface area contributed by atoms with Crippen molar-refractivity contribution in [3.63, 3.8) is 0 Å². The van der Waals surface area contributed by atoms with Crippen molar-refractivity contribution in [3.8, 4) is 0 Å². The van der Waals surface area contributed by atoms with Crippen molar-refractivity contribution in [1.29, 1.82) is 0 Å². The Morgan fingerprint density at radius 3 is 2.33 bits per heavy atom. The van der Waals surface area contributed by atoms with Crippen molar-refractivity contribution in [1.82, 2.24) is 10.2 Å². The van der Waals surface area contributed by atoms with E-state index in [1.807, 2.05) is 38.1 Å². The third-order valence-electron chi connectivity index (χ3n) is 5.33. The molecule has 2 aromatic rings. The molecule has 0 aromatic heterocycles. The number of amides is 2. The monoisotopic (exact) mass is 477 g/mol. The molecule has 0 aliphatic rings. The van der Waals surface area contributed by atoms with Gasteiger partial charge in [-0.25, -0.2) is 12.8 Å². The van der Waals surface area contributed by atoms with E-state index in [0.717, 1.165) is 21.7 Å². The first-order valence-corrected chi connectivity index (χ1v) is 12.7. The van der Waals surface area contributed by atoms with Crippen molar-refractivity contribution in [2.75, 3.05) is 24.2 Å². The minimum atomic E-state index is -3.62. The van der Waals surface area contributed by atoms with Gasteiger partial charge in [0.2, 0.25) is 21.8 Å². The van der Waals surface area contributed by atoms with Crippen molar-refractivity contribution < 1.29 is 22.4 Å². The topological polar surface area (TPSA) is 86.8 Å². The highest BCUT2D eigenvalue weighted by atomic mass is 32.2. The molecule has 180 valence electrons. The predicted octanol–water partition coefficient (Wildman–Crippen LogP) is 3.23. The number of rotatable bonds is 11. The van der Waals surface area contributed by atoms with Gasteiger partial charge in [0.25, 0.3) is 0 Å². The average Bonchev–Trinajstić information content (AvgIpc) is 2.76. The van der Waals surface area contributed by atoms with Crippen LogP contribution in [0.2, 0.25) is 0 Å². The van der Waals surface area contributed by atoms with Gasteiger partial charge < -0.3 is 10.2 Å². The number of benzene rings is 2. The SMILES string of the molecule is CCC(C(=O)NC)N(Cc1cccc(C)c1)C(=O)CCCN(c1ccc(F)cc1)S(C)(=O)=O. The second-order valence-electron chi connectivity index (χ2n) is 7.96. The number of nitrogens with zero attached hydrogens (tertiary/aromatic N) is 2. The summed E-state index contributed by atoms with van der Waals surface area (Å²) in [6, 6.07) is 12.3. The van der Waals surface area contributed by atoms with Gasteiger partial charge in [0, 0.05) is 26.6 Å². The number of hydrogen-bond acceptors (Lipinski definition) is 4. The second-order valence-corrected chi connectivity index (χ2v) is 9.87. The summed E-state index contributed by atoms with van der Waals surface area (Å²) in [7, 11) is -2.08. The Kier molecular flexibility index (Phi) is 9.40. The molecule has 2 rings (SSSR count). The van der Waals surface area contributed by atoms with Gasteiger partial charge in [0.1, 0.15) is 11.9 Å². The molecular formula is C24H32FN3O4S. The third kappa shape index (κ3) is 7.56. The smallest absolute Gasteiger partial charge is 0.242 e. The molecule has 0 aliphatic heterocycles. The van der Waals surface area contributed by atoms with Crippen LogP contribution in [0.4, 0.5) is 10.1 Å². The molecule has 2 amide bonds. The Hall–Kier alpha value is -2.94. The van der Waals surface area contributed by atoms with Gasteiger partial charge in [0.05, 0.1) is 11.9 Å². The highest BCUT2D eigenvalue weighted by molar-refractivity contribution is 7.92. The van der Waals surface area contributed by atoms with Crippen LogP contribution in [0.1, 0.15) is 37.3 Å². The zero-order valence-electron chi connectivity index (χ0n) is 19.5. The van der Waals surface area contributed by atoms with Gasteiger partial charge >= 0.3 is 0 Å². The van der Waals surface area contributed by atoms with Crippen molar-refractivity contribution >= 4 is 27.5 Å². The lowest BCUT2D eigenvalue weighted by atomic mass is 10.1. The Morgan fingerprint density at radius 2 is 1.79 bits per heavy atom. The Bertz CT molecular complexity index is 1060. The van der Waals surface area contributed by atoms with Gasteiger partial charge in [-0.15, -0.1) is 0 Å². The molecule has 2 aromatic carbocycles. The number of sulfonamides is 1. The van der Waals surface area contributed by atoms with Crippen LogP contribution in [-0.2, 0) is 26.2 Å². The first kappa shape index (κ1) is 26.3. The zero-order valence-corrected chi connectivity index (χ0v) is 20.4. The van der Waals surface area contributed by atoms with Crippen molar-refractivity contribution in [2.24, 2.45) is 0 Å². The fraction of sp³-hybridized carbons (Fsp3) is 0.417. The van der Waals surface area contributed by atoms with E-state index in [1.54, 1.807) is 4.90 Å². The molecule has 0 fully saturated rings. The summed E-state index contributed by atoms with van der Waals surface area (Å²) in [5.74, 6) is -0.948. The minimum absolute atomic E-state index is 0.0608. The van der Waals surface area contributed by atoms with Gasteiger partial charge in [-0.1, -0.05) is 36.8 Å². The van der Waals surface area contributed by atoms with Crippen LogP contribution in [0.25, 0.3) is 0 Å². The summed E-state index contributed by atoms with van der Waals surface area (Å²) in [4.78, 5) is 27.2. The first-order chi connectivity index (χ1) is 15.6. The number of carbonyl (C=O) groups excluding carboxylic acids is 2. The molecule has 1 unspecified atom stereocenters. The second kappa shape index (κ2) is 11.8. The average molecular weight is 478 g/mol. The maximum atomic E-state index is 13.3. The quantitative estimate of drug-likeness (QED) is 0.538. The maximum absolute atomic E-state index is 13.3. The van der Waals surface area contributed by atoms with E-state index >= 15 is 0 Å². The van der Waals surface area contributed by atoms with Gasteiger partial charge in [-0.05, 0) is 49.6 Å². The molecule has 0 spiro atoms. The molecule has 0 saturated carbocycles. The van der Waals surface area contributed by atoms with Gasteiger partial charge in [0.15, 0.2) is 0 Å². The molecule has 0 radical (unpaired) electrons. The summed E-state index contributed by atoms with van der Waals surface area (Å²) in [5, 5.41) is 2.62. The van der Waals surface area contributed by atoms with Crippen molar-refractivity contribution in [3.05, 3.63) is 65.5 Å². The normalized spacial score (nSPS) is 12.2. The molecular weight excluding hydrogens is 445 g/mol. The molecule has 1 atom stereocenters. The van der Waals surface area contributed by atoms with Crippen LogP contribution in [0.3, 0.4) is 0 Å². The Labute approximate surface area is 195 Å². The lowest BCUT2D eigenvalue weighted by molar-refractivity contribution is -0.141. The van der Waals surface area contributed by atoms with E-state index in [1.165, 1.54) is 31.3 Å². The summed E-state index contributed by atoms with van der Waals surface area (Å²) in [6.07, 6.45) is 1.83. The van der Waals surface area contributed by atoms with E-state index in [9.17, 15) is 22.4 Å². The third-order valence-corrected chi connectivity index (χ3v) is 6.53. The van der Waals surface area contributed by atoms with Crippen LogP contribution in [0.5, 0.6) is 0 Å². The molecule has 0 bridgehead atoms. The van der Waals surface area contributed by atoms with Gasteiger partial charge in [-0.2, -0.15) is 0 Å². The predicted molar refractivity (Wildman–Crippen MR) is 128 cm³/mol. The van der Waals surface area contributed by atoms with Crippen LogP contribution < -0.4 is 9.62 Å². The number of hydrogen-bond donors (Lipinski definition) is 1. The fourth-order valence-electron chi connectivity index (χ4n) is 3.70. The molecule has 1 N–H and O–H groups in total. The van der Waals surface area contributed by atoms with E-state index in [-0.39, 0.29) is 37.7 Å². The van der Waals surface area contributed by atoms with Crippen LogP contribution in [0, 0.1) is 12.7 Å². The largest absolute Gasteiger partial charge is 0.357 e. The number of aryl methyl sites for hydroxylation is 1. The van der Waals surface area contributed by atoms with Crippen LogP contribution >= 0.6 is 0 Å². The number of halogens is 1. The lowest BCUT2D eigenvalue weighted by Crippen LogP contribution is -2.48. The summed E-state index contributed by atoms with van der Waals surface area (Å²) >= 11 is 0. The molecule has 7 nitrogen and oxygen atoms in total. The molecule has 9 heteroatoms. The molecule has 33 heavy (non-hydrogen) atoms. The molecule has 0 heterocycles. The number of nitrogens with one attached hydrogen (secondary N) is 1. The number of likely N-dealkylation sites (N-methyl/N-ethyl adjacent to an activating group) is 1. The summed E-state index contributed by atoms with van der Waals surface area (Å²) in [5.41, 5.74) is 2.30. The van der Waals surface area contributed by atoms with Crippen molar-refractivity contribution in [2.45, 2.75) is 45.7 Å². The first-order valence-electron chi connectivity index (χ1n) is 10.9. The molecule has 0 aliphatic carbocycles. The Morgan fingerprint density at radius 1 is 1.12 bits per heavy atom. The maximum Gasteiger partial charge on any atom is 0.242 e. The Balaban J connectivity index is 2.18. The van der Waals surface area contributed by atoms with Crippen LogP contribution in [-0.4, -0.2) is 51.0 Å². The summed E-state index contributed by atoms with van der Waals surface area (Å²) < 4.78 is 38.9. The highest BCUT2D eigenvalue weighted by Crippen LogP contribution is 2.20. The zero-order chi connectivity index (χ0) is 24.6. The van der Waals surface area contributed by atoms with E-state index in [4.69, 9.17) is 0 Å². The number of carbonyl (C=O) groups is 2. The van der Waals surface area contributed by atoms with E-state index in [2.05, 4.69) is 5.32 Å². The van der Waals surface area contributed by atoms with E-state index in [0.29, 0.717) is 12.1 Å². The lowest BCUT2D eigenvalue weighted by Gasteiger charge is -2.31. The van der Waals surface area contributed by atoms with E-state index < -0.39 is 21.9 Å². The standard InChI is InChI=1S/C24H32FN3O4S/c1-5-22(24(30)26-3)27(17-19-9-6-8-18(2)16-19)23(29)10-7-15-28(33(4,31)32)21-13-11-20(25)12-14-21/h6,8-9,11-14,16,22H,5,7,10,15,17H2,1-4H3,(H,26,30). The number of anilines is 1. The van der Waals surface area contributed by atoms with Gasteiger partial charge in [-0.3, -0.25) is 13.9 Å².